The van der Waals surface area contributed by atoms with Crippen LogP contribution < -0.4 is 9.47 Å². The van der Waals surface area contributed by atoms with Crippen LogP contribution in [0.25, 0.3) is 11.1 Å². The fraction of sp³-hybridized carbons (Fsp3) is 0.346. The van der Waals surface area contributed by atoms with Gasteiger partial charge in [-0.1, -0.05) is 18.7 Å². The third-order valence-electron chi connectivity index (χ3n) is 5.97. The highest BCUT2D eigenvalue weighted by atomic mass is 16.5. The van der Waals surface area contributed by atoms with Gasteiger partial charge in [0.05, 0.1) is 26.1 Å². The lowest BCUT2D eigenvalue weighted by atomic mass is 10.1. The van der Waals surface area contributed by atoms with Crippen molar-refractivity contribution in [1.82, 2.24) is 29.4 Å². The molecule has 3 aromatic heterocycles. The van der Waals surface area contributed by atoms with Gasteiger partial charge in [0.25, 0.3) is 0 Å². The third-order valence-corrected chi connectivity index (χ3v) is 5.97. The molecule has 36 heavy (non-hydrogen) atoms. The second kappa shape index (κ2) is 11.5. The molecule has 0 saturated carbocycles. The first-order chi connectivity index (χ1) is 17.6. The maximum Gasteiger partial charge on any atom is 0.232 e. The highest BCUT2D eigenvalue weighted by Crippen LogP contribution is 2.24. The Bertz CT molecular complexity index is 1310. The molecule has 0 atom stereocenters. The molecular formula is C26H30N8O2. The maximum absolute atomic E-state index is 9.55. The van der Waals surface area contributed by atoms with Crippen LogP contribution in [0.3, 0.4) is 0 Å². The van der Waals surface area contributed by atoms with E-state index in [4.69, 9.17) is 9.47 Å². The van der Waals surface area contributed by atoms with Gasteiger partial charge in [-0.25, -0.2) is 19.5 Å². The number of nitriles is 1. The Morgan fingerprint density at radius 2 is 2.03 bits per heavy atom. The van der Waals surface area contributed by atoms with Gasteiger partial charge in [-0.05, 0) is 19.4 Å². The Morgan fingerprint density at radius 3 is 2.67 bits per heavy atom. The number of rotatable bonds is 9. The number of aliphatic imine (C=N–C) groups is 1. The van der Waals surface area contributed by atoms with Crippen molar-refractivity contribution in [2.45, 2.75) is 20.4 Å². The van der Waals surface area contributed by atoms with E-state index in [9.17, 15) is 5.26 Å². The largest absolute Gasteiger partial charge is 0.481 e. The van der Waals surface area contributed by atoms with Crippen molar-refractivity contribution in [1.29, 1.82) is 5.26 Å². The second-order valence-electron chi connectivity index (χ2n) is 8.21. The summed E-state index contributed by atoms with van der Waals surface area (Å²) in [4.78, 5) is 18.1. The van der Waals surface area contributed by atoms with Gasteiger partial charge in [0.2, 0.25) is 11.8 Å². The minimum atomic E-state index is 0.433. The number of piperazine rings is 1. The fourth-order valence-electron chi connectivity index (χ4n) is 4.04. The van der Waals surface area contributed by atoms with Crippen molar-refractivity contribution < 1.29 is 9.47 Å². The SMILES string of the molecule is C=C(/N=C\C(=C/C)c1nc(OCC)cn2ncc(C#N)c12)N1CCN(Cc2ccc(OC)nc2)CC1. The quantitative estimate of drug-likeness (QED) is 0.425. The fourth-order valence-corrected chi connectivity index (χ4v) is 4.04. The molecule has 0 aliphatic carbocycles. The predicted molar refractivity (Wildman–Crippen MR) is 138 cm³/mol. The summed E-state index contributed by atoms with van der Waals surface area (Å²) in [6.07, 6.45) is 8.71. The standard InChI is InChI=1S/C26H30N8O2/c1-5-21(25-26-22(13-27)16-30-34(26)18-24(31-25)36-6-2)15-28-19(3)33-11-9-32(10-12-33)17-20-7-8-23(35-4)29-14-20/h5,7-8,14-16,18H,3,6,9-12,17H2,1-2,4H3/b21-5+,28-15-. The first kappa shape index (κ1) is 24.9. The first-order valence-corrected chi connectivity index (χ1v) is 11.8. The van der Waals surface area contributed by atoms with E-state index in [1.54, 1.807) is 24.0 Å². The zero-order valence-corrected chi connectivity index (χ0v) is 20.9. The summed E-state index contributed by atoms with van der Waals surface area (Å²) in [6, 6.07) is 6.12. The van der Waals surface area contributed by atoms with Gasteiger partial charge in [-0.3, -0.25) is 4.90 Å². The molecule has 1 saturated heterocycles. The molecule has 4 heterocycles. The summed E-state index contributed by atoms with van der Waals surface area (Å²) < 4.78 is 12.4. The Hall–Kier alpha value is -4.23. The minimum absolute atomic E-state index is 0.433. The minimum Gasteiger partial charge on any atom is -0.481 e. The van der Waals surface area contributed by atoms with Crippen molar-refractivity contribution in [2.24, 2.45) is 4.99 Å². The number of hydrogen-bond acceptors (Lipinski definition) is 9. The number of nitrogens with zero attached hydrogens (tertiary/aromatic N) is 8. The van der Waals surface area contributed by atoms with Crippen LogP contribution in [0.2, 0.25) is 0 Å². The number of hydrogen-bond donors (Lipinski definition) is 0. The average molecular weight is 487 g/mol. The molecule has 0 radical (unpaired) electrons. The zero-order chi connectivity index (χ0) is 25.5. The molecule has 0 spiro atoms. The lowest BCUT2D eigenvalue weighted by molar-refractivity contribution is 0.152. The Morgan fingerprint density at radius 1 is 1.22 bits per heavy atom. The summed E-state index contributed by atoms with van der Waals surface area (Å²) in [5, 5.41) is 13.8. The van der Waals surface area contributed by atoms with Crippen LogP contribution in [-0.4, -0.2) is 75.5 Å². The molecular weight excluding hydrogens is 456 g/mol. The molecule has 4 rings (SSSR count). The van der Waals surface area contributed by atoms with E-state index in [1.807, 2.05) is 38.3 Å². The summed E-state index contributed by atoms with van der Waals surface area (Å²) >= 11 is 0. The highest BCUT2D eigenvalue weighted by Gasteiger charge is 2.19. The first-order valence-electron chi connectivity index (χ1n) is 11.8. The number of fused-ring (bicyclic) bond motifs is 1. The van der Waals surface area contributed by atoms with Gasteiger partial charge >= 0.3 is 0 Å². The molecule has 1 aliphatic rings. The van der Waals surface area contributed by atoms with E-state index < -0.39 is 0 Å². The molecule has 10 heteroatoms. The average Bonchev–Trinajstić information content (AvgIpc) is 3.33. The topological polar surface area (TPSA) is 104 Å². The molecule has 0 aromatic carbocycles. The number of pyridine rings is 1. The third kappa shape index (κ3) is 5.53. The van der Waals surface area contributed by atoms with Crippen LogP contribution in [0, 0.1) is 11.3 Å². The summed E-state index contributed by atoms with van der Waals surface area (Å²) in [5.74, 6) is 1.74. The lowest BCUT2D eigenvalue weighted by Crippen LogP contribution is -2.44. The van der Waals surface area contributed by atoms with Gasteiger partial charge < -0.3 is 14.4 Å². The Labute approximate surface area is 210 Å². The molecule has 3 aromatic rings. The molecule has 0 N–H and O–H groups in total. The normalized spacial score (nSPS) is 14.8. The van der Waals surface area contributed by atoms with Crippen LogP contribution in [0.5, 0.6) is 11.8 Å². The molecule has 0 bridgehead atoms. The van der Waals surface area contributed by atoms with Crippen LogP contribution in [0.1, 0.15) is 30.7 Å². The van der Waals surface area contributed by atoms with E-state index in [-0.39, 0.29) is 0 Å². The number of methoxy groups -OCH3 is 1. The second-order valence-corrected chi connectivity index (χ2v) is 8.21. The highest BCUT2D eigenvalue weighted by molar-refractivity contribution is 6.12. The molecule has 0 amide bonds. The lowest BCUT2D eigenvalue weighted by Gasteiger charge is -2.35. The molecule has 186 valence electrons. The molecule has 1 aliphatic heterocycles. The molecule has 0 unspecified atom stereocenters. The van der Waals surface area contributed by atoms with E-state index in [1.165, 1.54) is 6.20 Å². The van der Waals surface area contributed by atoms with E-state index >= 15 is 0 Å². The van der Waals surface area contributed by atoms with Gasteiger partial charge in [0, 0.05) is 56.8 Å². The summed E-state index contributed by atoms with van der Waals surface area (Å²) in [5.41, 5.74) is 3.56. The summed E-state index contributed by atoms with van der Waals surface area (Å²) in [6.45, 7) is 12.8. The number of ether oxygens (including phenoxy) is 2. The van der Waals surface area contributed by atoms with Crippen molar-refractivity contribution in [3.63, 3.8) is 0 Å². The number of allylic oxidation sites excluding steroid dienone is 2. The van der Waals surface area contributed by atoms with Crippen LogP contribution in [-0.2, 0) is 6.54 Å². The van der Waals surface area contributed by atoms with E-state index in [0.29, 0.717) is 41.0 Å². The van der Waals surface area contributed by atoms with Crippen molar-refractivity contribution in [3.8, 4) is 17.8 Å². The van der Waals surface area contributed by atoms with Gasteiger partial charge in [-0.15, -0.1) is 0 Å². The summed E-state index contributed by atoms with van der Waals surface area (Å²) in [7, 11) is 1.62. The van der Waals surface area contributed by atoms with Crippen molar-refractivity contribution >= 4 is 17.3 Å². The van der Waals surface area contributed by atoms with Crippen LogP contribution in [0.4, 0.5) is 0 Å². The number of aromatic nitrogens is 4. The zero-order valence-electron chi connectivity index (χ0n) is 20.9. The van der Waals surface area contributed by atoms with Gasteiger partial charge in [-0.2, -0.15) is 10.4 Å². The maximum atomic E-state index is 9.55. The molecule has 10 nitrogen and oxygen atoms in total. The van der Waals surface area contributed by atoms with Crippen LogP contribution >= 0.6 is 0 Å². The molecule has 1 fully saturated rings. The predicted octanol–water partition coefficient (Wildman–Crippen LogP) is 3.17. The van der Waals surface area contributed by atoms with Crippen molar-refractivity contribution in [2.75, 3.05) is 39.9 Å². The van der Waals surface area contributed by atoms with E-state index in [2.05, 4.69) is 42.5 Å². The Balaban J connectivity index is 1.43. The van der Waals surface area contributed by atoms with Gasteiger partial charge in [0.1, 0.15) is 28.7 Å². The van der Waals surface area contributed by atoms with E-state index in [0.717, 1.165) is 43.9 Å². The van der Waals surface area contributed by atoms with Crippen molar-refractivity contribution in [3.05, 3.63) is 66.0 Å². The van der Waals surface area contributed by atoms with Gasteiger partial charge in [0.15, 0.2) is 0 Å². The Kier molecular flexibility index (Phi) is 7.92. The smallest absolute Gasteiger partial charge is 0.232 e. The van der Waals surface area contributed by atoms with Crippen LogP contribution in [0.15, 0.2) is 54.2 Å². The monoisotopic (exact) mass is 486 g/mol.